The summed E-state index contributed by atoms with van der Waals surface area (Å²) in [6, 6.07) is 13.7. The number of carbonyl (C=O) groups excluding carboxylic acids is 1. The predicted octanol–water partition coefficient (Wildman–Crippen LogP) is 1.80. The van der Waals surface area contributed by atoms with Gasteiger partial charge in [0.05, 0.1) is 17.6 Å². The number of nitrogens with one attached hydrogen (secondary N) is 1. The van der Waals surface area contributed by atoms with Gasteiger partial charge in [0.15, 0.2) is 11.5 Å². The summed E-state index contributed by atoms with van der Waals surface area (Å²) >= 11 is 0. The molecule has 0 unspecified atom stereocenters. The van der Waals surface area contributed by atoms with Crippen LogP contribution in [0.2, 0.25) is 0 Å². The average Bonchev–Trinajstić information content (AvgIpc) is 3.44. The largest absolute Gasteiger partial charge is 0.354 e. The molecule has 1 saturated heterocycles. The number of amides is 1. The Kier molecular flexibility index (Phi) is 4.23. The van der Waals surface area contributed by atoms with E-state index >= 15 is 0 Å². The van der Waals surface area contributed by atoms with Crippen LogP contribution in [-0.2, 0) is 0 Å². The fourth-order valence-electron chi connectivity index (χ4n) is 3.37. The Hall–Kier alpha value is -3.29. The fraction of sp³-hybridized carbons (Fsp3) is 0.350. The first kappa shape index (κ1) is 16.9. The molecule has 5 rings (SSSR count). The molecule has 8 heteroatoms. The number of benzene rings is 1. The van der Waals surface area contributed by atoms with Gasteiger partial charge in [-0.05, 0) is 37.1 Å². The van der Waals surface area contributed by atoms with Gasteiger partial charge in [-0.15, -0.1) is 10.2 Å². The van der Waals surface area contributed by atoms with Crippen LogP contribution in [0.15, 0.2) is 48.7 Å². The van der Waals surface area contributed by atoms with Crippen LogP contribution >= 0.6 is 0 Å². The molecule has 0 spiro atoms. The highest BCUT2D eigenvalue weighted by atomic mass is 16.2. The van der Waals surface area contributed by atoms with Crippen molar-refractivity contribution in [3.8, 4) is 5.69 Å². The van der Waals surface area contributed by atoms with Crippen molar-refractivity contribution in [2.24, 2.45) is 5.92 Å². The Morgan fingerprint density at radius 3 is 2.61 bits per heavy atom. The van der Waals surface area contributed by atoms with E-state index in [0.29, 0.717) is 24.1 Å². The van der Waals surface area contributed by atoms with Crippen molar-refractivity contribution in [2.45, 2.75) is 18.8 Å². The molecule has 1 aliphatic carbocycles. The molecule has 2 aromatic heterocycles. The molecule has 1 saturated carbocycles. The van der Waals surface area contributed by atoms with Gasteiger partial charge in [0, 0.05) is 31.5 Å². The number of para-hydroxylation sites is 1. The molecule has 3 aromatic rings. The van der Waals surface area contributed by atoms with Gasteiger partial charge in [0.2, 0.25) is 0 Å². The molecule has 1 aliphatic heterocycles. The molecule has 1 amide bonds. The zero-order valence-electron chi connectivity index (χ0n) is 15.4. The summed E-state index contributed by atoms with van der Waals surface area (Å²) in [4.78, 5) is 16.0. The second kappa shape index (κ2) is 7.03. The lowest BCUT2D eigenvalue weighted by Gasteiger charge is -2.39. The van der Waals surface area contributed by atoms with Crippen LogP contribution in [0.25, 0.3) is 5.69 Å². The van der Waals surface area contributed by atoms with Crippen LogP contribution in [0, 0.1) is 5.92 Å². The van der Waals surface area contributed by atoms with Crippen molar-refractivity contribution in [3.05, 3.63) is 60.0 Å². The van der Waals surface area contributed by atoms with E-state index in [2.05, 4.69) is 42.7 Å². The van der Waals surface area contributed by atoms with Gasteiger partial charge >= 0.3 is 0 Å². The van der Waals surface area contributed by atoms with Gasteiger partial charge in [-0.2, -0.15) is 15.0 Å². The van der Waals surface area contributed by atoms with Gasteiger partial charge in [-0.25, -0.2) is 0 Å². The van der Waals surface area contributed by atoms with E-state index in [1.807, 2.05) is 30.3 Å². The van der Waals surface area contributed by atoms with Crippen molar-refractivity contribution < 1.29 is 4.79 Å². The van der Waals surface area contributed by atoms with E-state index in [4.69, 9.17) is 0 Å². The van der Waals surface area contributed by atoms with Gasteiger partial charge in [0.25, 0.3) is 5.91 Å². The minimum atomic E-state index is -0.200. The Bertz CT molecular complexity index is 960. The van der Waals surface area contributed by atoms with Gasteiger partial charge < -0.3 is 10.2 Å². The molecule has 8 nitrogen and oxygen atoms in total. The molecule has 2 aliphatic rings. The third-order valence-corrected chi connectivity index (χ3v) is 5.21. The third-order valence-electron chi connectivity index (χ3n) is 5.21. The minimum absolute atomic E-state index is 0.200. The van der Waals surface area contributed by atoms with Gasteiger partial charge in [-0.1, -0.05) is 18.2 Å². The summed E-state index contributed by atoms with van der Waals surface area (Å²) in [6.45, 7) is 2.35. The van der Waals surface area contributed by atoms with Crippen LogP contribution in [0.4, 0.5) is 5.82 Å². The number of carbonyl (C=O) groups is 1. The first-order chi connectivity index (χ1) is 13.8. The lowest BCUT2D eigenvalue weighted by atomic mass is 10.00. The summed E-state index contributed by atoms with van der Waals surface area (Å²) in [5.41, 5.74) is 2.25. The number of aromatic nitrogens is 5. The lowest BCUT2D eigenvalue weighted by molar-refractivity contribution is 0.0939. The standard InChI is InChI=1S/C20H21N7O/c28-20(18-11-22-27(25-18)16-4-2-1-3-5-16)21-10-14-12-26(13-14)19-9-8-17(23-24-19)15-6-7-15/h1-5,8-9,11,14-15H,6-7,10,12-13H2,(H,21,28). The number of rotatable bonds is 6. The second-order valence-corrected chi connectivity index (χ2v) is 7.43. The maximum Gasteiger partial charge on any atom is 0.273 e. The third kappa shape index (κ3) is 3.45. The van der Waals surface area contributed by atoms with Crippen molar-refractivity contribution >= 4 is 11.7 Å². The van der Waals surface area contributed by atoms with Gasteiger partial charge in [0.1, 0.15) is 0 Å². The number of hydrogen-bond donors (Lipinski definition) is 1. The van der Waals surface area contributed by atoms with Crippen molar-refractivity contribution in [1.82, 2.24) is 30.5 Å². The first-order valence-corrected chi connectivity index (χ1v) is 9.61. The molecule has 3 heterocycles. The van der Waals surface area contributed by atoms with Crippen LogP contribution in [0.1, 0.15) is 34.9 Å². The average molecular weight is 375 g/mol. The van der Waals surface area contributed by atoms with E-state index in [-0.39, 0.29) is 5.91 Å². The Morgan fingerprint density at radius 1 is 1.07 bits per heavy atom. The number of hydrogen-bond acceptors (Lipinski definition) is 6. The van der Waals surface area contributed by atoms with Crippen LogP contribution in [0.3, 0.4) is 0 Å². The van der Waals surface area contributed by atoms with Crippen molar-refractivity contribution in [2.75, 3.05) is 24.5 Å². The molecule has 0 radical (unpaired) electrons. The quantitative estimate of drug-likeness (QED) is 0.707. The molecule has 0 atom stereocenters. The smallest absolute Gasteiger partial charge is 0.273 e. The Morgan fingerprint density at radius 2 is 1.89 bits per heavy atom. The fourth-order valence-corrected chi connectivity index (χ4v) is 3.37. The highest BCUT2D eigenvalue weighted by molar-refractivity contribution is 5.91. The molecule has 0 bridgehead atoms. The monoisotopic (exact) mass is 375 g/mol. The normalized spacial score (nSPS) is 16.6. The van der Waals surface area contributed by atoms with E-state index in [0.717, 1.165) is 30.3 Å². The van der Waals surface area contributed by atoms with E-state index in [1.54, 1.807) is 0 Å². The van der Waals surface area contributed by atoms with Crippen molar-refractivity contribution in [3.63, 3.8) is 0 Å². The van der Waals surface area contributed by atoms with Crippen LogP contribution in [0.5, 0.6) is 0 Å². The molecule has 142 valence electrons. The SMILES string of the molecule is O=C(NCC1CN(c2ccc(C3CC3)nn2)C1)c1cnn(-c2ccccc2)n1. The maximum absolute atomic E-state index is 12.3. The zero-order chi connectivity index (χ0) is 18.9. The maximum atomic E-state index is 12.3. The summed E-state index contributed by atoms with van der Waals surface area (Å²) in [6.07, 6.45) is 3.96. The van der Waals surface area contributed by atoms with Crippen molar-refractivity contribution in [1.29, 1.82) is 0 Å². The Balaban J connectivity index is 1.11. The van der Waals surface area contributed by atoms with E-state index in [1.165, 1.54) is 23.8 Å². The topological polar surface area (TPSA) is 88.8 Å². The molecule has 1 N–H and O–H groups in total. The highest BCUT2D eigenvalue weighted by Gasteiger charge is 2.30. The molecular formula is C20H21N7O. The zero-order valence-corrected chi connectivity index (χ0v) is 15.4. The molecular weight excluding hydrogens is 354 g/mol. The molecule has 2 fully saturated rings. The highest BCUT2D eigenvalue weighted by Crippen LogP contribution is 2.38. The predicted molar refractivity (Wildman–Crippen MR) is 103 cm³/mol. The van der Waals surface area contributed by atoms with Gasteiger partial charge in [-0.3, -0.25) is 4.79 Å². The number of anilines is 1. The summed E-state index contributed by atoms with van der Waals surface area (Å²) in [5.74, 6) is 1.74. The summed E-state index contributed by atoms with van der Waals surface area (Å²) in [5, 5.41) is 20.0. The van der Waals surface area contributed by atoms with E-state index in [9.17, 15) is 4.79 Å². The second-order valence-electron chi connectivity index (χ2n) is 7.43. The Labute approximate surface area is 162 Å². The minimum Gasteiger partial charge on any atom is -0.354 e. The lowest BCUT2D eigenvalue weighted by Crippen LogP contribution is -2.52. The van der Waals surface area contributed by atoms with Crippen LogP contribution in [-0.4, -0.2) is 50.7 Å². The van der Waals surface area contributed by atoms with E-state index < -0.39 is 0 Å². The summed E-state index contributed by atoms with van der Waals surface area (Å²) < 4.78 is 0. The number of nitrogens with zero attached hydrogens (tertiary/aromatic N) is 6. The first-order valence-electron chi connectivity index (χ1n) is 9.61. The molecule has 1 aromatic carbocycles. The summed E-state index contributed by atoms with van der Waals surface area (Å²) in [7, 11) is 0. The van der Waals surface area contributed by atoms with Crippen LogP contribution < -0.4 is 10.2 Å². The molecule has 28 heavy (non-hydrogen) atoms.